The van der Waals surface area contributed by atoms with Gasteiger partial charge in [-0.05, 0) is 128 Å². The number of aliphatic hydroxyl groups is 1. The van der Waals surface area contributed by atoms with Gasteiger partial charge in [0, 0.05) is 19.3 Å². The summed E-state index contributed by atoms with van der Waals surface area (Å²) >= 11 is 0. The normalized spacial score (nSPS) is 14.4. The van der Waals surface area contributed by atoms with Crippen molar-refractivity contribution in [3.63, 3.8) is 0 Å². The lowest BCUT2D eigenvalue weighted by Crippen LogP contribution is -2.30. The Balaban J connectivity index is 4.91. The van der Waals surface area contributed by atoms with Crippen molar-refractivity contribution in [2.75, 3.05) is 26.4 Å². The number of carbonyl (C=O) groups is 3. The van der Waals surface area contributed by atoms with Gasteiger partial charge in [0.25, 0.3) is 0 Å². The summed E-state index contributed by atoms with van der Waals surface area (Å²) in [5, 5.41) is 9.86. The molecule has 0 saturated carbocycles. The second kappa shape index (κ2) is 63.9. The SMILES string of the molecule is CC/C=C\C/C=C\C/C=C\C/C=C\C/C=C\C/C=C\CCC(=O)OCC(COP(=O)(O)OCC(CO)OC(=O)CCCCCCCCCCC/C=C\C/C=C\CCCCC)OC(=O)CC/C=C\C/C=C\C/C=C\C/C=C\C/C=C\C/C=C\CC. The van der Waals surface area contributed by atoms with Gasteiger partial charge in [-0.25, -0.2) is 4.57 Å². The molecular weight excluding hydrogens is 1070 g/mol. The van der Waals surface area contributed by atoms with E-state index in [0.717, 1.165) is 103 Å². The molecule has 0 aliphatic carbocycles. The summed E-state index contributed by atoms with van der Waals surface area (Å²) in [6.45, 7) is 4.21. The number of esters is 3. The van der Waals surface area contributed by atoms with Crippen LogP contribution in [0.15, 0.2) is 170 Å². The van der Waals surface area contributed by atoms with Crippen molar-refractivity contribution in [1.29, 1.82) is 0 Å². The lowest BCUT2D eigenvalue weighted by atomic mass is 10.1. The lowest BCUT2D eigenvalue weighted by molar-refractivity contribution is -0.161. The number of hydrogen-bond acceptors (Lipinski definition) is 10. The van der Waals surface area contributed by atoms with Crippen molar-refractivity contribution in [2.45, 2.75) is 238 Å². The molecule has 0 aromatic heterocycles. The summed E-state index contributed by atoms with van der Waals surface area (Å²) in [4.78, 5) is 48.7. The third-order valence-corrected chi connectivity index (χ3v) is 13.6. The zero-order valence-corrected chi connectivity index (χ0v) is 53.2. The van der Waals surface area contributed by atoms with Gasteiger partial charge in [0.2, 0.25) is 0 Å². The highest BCUT2D eigenvalue weighted by Crippen LogP contribution is 2.43. The Morgan fingerprint density at radius 2 is 0.643 bits per heavy atom. The molecule has 0 saturated heterocycles. The summed E-state index contributed by atoms with van der Waals surface area (Å²) in [7, 11) is -4.81. The Bertz CT molecular complexity index is 2060. The van der Waals surface area contributed by atoms with Crippen LogP contribution < -0.4 is 0 Å². The average Bonchev–Trinajstić information content (AvgIpc) is 3.55. The molecule has 0 fully saturated rings. The molecule has 0 bridgehead atoms. The number of aliphatic hydroxyl groups excluding tert-OH is 1. The third kappa shape index (κ3) is 61.4. The highest BCUT2D eigenvalue weighted by molar-refractivity contribution is 7.47. The molecule has 11 nitrogen and oxygen atoms in total. The van der Waals surface area contributed by atoms with E-state index < -0.39 is 64.4 Å². The second-order valence-corrected chi connectivity index (χ2v) is 21.9. The monoisotopic (exact) mass is 1180 g/mol. The Morgan fingerprint density at radius 1 is 0.345 bits per heavy atom. The van der Waals surface area contributed by atoms with E-state index in [2.05, 4.69) is 167 Å². The number of ether oxygens (including phenoxy) is 3. The molecule has 12 heteroatoms. The van der Waals surface area contributed by atoms with Crippen molar-refractivity contribution in [3.8, 4) is 0 Å². The minimum atomic E-state index is -4.81. The Hall–Kier alpha value is -5.16. The maximum atomic E-state index is 13.0. The van der Waals surface area contributed by atoms with Crippen LogP contribution in [0.5, 0.6) is 0 Å². The molecule has 0 rings (SSSR count). The molecule has 0 aromatic rings. The van der Waals surface area contributed by atoms with Gasteiger partial charge in [0.1, 0.15) is 12.7 Å². The van der Waals surface area contributed by atoms with E-state index in [1.807, 2.05) is 24.3 Å². The molecule has 0 spiro atoms. The van der Waals surface area contributed by atoms with Crippen molar-refractivity contribution in [1.82, 2.24) is 0 Å². The molecule has 0 radical (unpaired) electrons. The lowest BCUT2D eigenvalue weighted by Gasteiger charge is -2.21. The van der Waals surface area contributed by atoms with E-state index in [0.29, 0.717) is 25.7 Å². The number of unbranched alkanes of at least 4 members (excludes halogenated alkanes) is 12. The van der Waals surface area contributed by atoms with Gasteiger partial charge in [-0.1, -0.05) is 249 Å². The van der Waals surface area contributed by atoms with E-state index in [1.165, 1.54) is 57.8 Å². The Morgan fingerprint density at radius 3 is 1.02 bits per heavy atom. The van der Waals surface area contributed by atoms with Gasteiger partial charge in [-0.2, -0.15) is 0 Å². The summed E-state index contributed by atoms with van der Waals surface area (Å²) in [6.07, 6.45) is 86.2. The van der Waals surface area contributed by atoms with Gasteiger partial charge in [-0.3, -0.25) is 23.4 Å². The van der Waals surface area contributed by atoms with Crippen LogP contribution in [0.1, 0.15) is 226 Å². The predicted molar refractivity (Wildman–Crippen MR) is 352 cm³/mol. The average molecular weight is 1190 g/mol. The molecule has 84 heavy (non-hydrogen) atoms. The van der Waals surface area contributed by atoms with E-state index in [4.69, 9.17) is 23.3 Å². The number of phosphoric acid groups is 1. The summed E-state index contributed by atoms with van der Waals surface area (Å²) in [5.41, 5.74) is 0. The van der Waals surface area contributed by atoms with Crippen LogP contribution in [0.3, 0.4) is 0 Å². The van der Waals surface area contributed by atoms with E-state index in [1.54, 1.807) is 0 Å². The smallest absolute Gasteiger partial charge is 0.462 e. The number of phosphoric ester groups is 1. The van der Waals surface area contributed by atoms with Crippen LogP contribution >= 0.6 is 7.82 Å². The summed E-state index contributed by atoms with van der Waals surface area (Å²) < 4.78 is 39.5. The molecule has 3 unspecified atom stereocenters. The van der Waals surface area contributed by atoms with Crippen LogP contribution in [-0.4, -0.2) is 66.5 Å². The first-order valence-electron chi connectivity index (χ1n) is 32.0. The van der Waals surface area contributed by atoms with Crippen LogP contribution in [0.4, 0.5) is 0 Å². The number of allylic oxidation sites excluding steroid dienone is 28. The topological polar surface area (TPSA) is 155 Å². The molecule has 0 aromatic carbocycles. The molecule has 0 aliphatic rings. The highest BCUT2D eigenvalue weighted by Gasteiger charge is 2.28. The van der Waals surface area contributed by atoms with E-state index >= 15 is 0 Å². The second-order valence-electron chi connectivity index (χ2n) is 20.5. The zero-order chi connectivity index (χ0) is 61.2. The van der Waals surface area contributed by atoms with Gasteiger partial charge in [-0.15, -0.1) is 0 Å². The minimum Gasteiger partial charge on any atom is -0.462 e. The van der Waals surface area contributed by atoms with Gasteiger partial charge >= 0.3 is 25.7 Å². The van der Waals surface area contributed by atoms with Crippen LogP contribution in [0.2, 0.25) is 0 Å². The zero-order valence-electron chi connectivity index (χ0n) is 52.3. The van der Waals surface area contributed by atoms with Gasteiger partial charge in [0.15, 0.2) is 6.10 Å². The van der Waals surface area contributed by atoms with E-state index in [-0.39, 0.29) is 19.3 Å². The molecule has 3 atom stereocenters. The number of rotatable bonds is 57. The van der Waals surface area contributed by atoms with Crippen LogP contribution in [-0.2, 0) is 42.2 Å². The molecule has 0 amide bonds. The molecule has 2 N–H and O–H groups in total. The largest absolute Gasteiger partial charge is 0.472 e. The van der Waals surface area contributed by atoms with Gasteiger partial charge < -0.3 is 24.2 Å². The summed E-state index contributed by atoms with van der Waals surface area (Å²) in [5.74, 6) is -1.69. The number of hydrogen-bond donors (Lipinski definition) is 2. The van der Waals surface area contributed by atoms with Gasteiger partial charge in [0.05, 0.1) is 19.8 Å². The van der Waals surface area contributed by atoms with Crippen LogP contribution in [0.25, 0.3) is 0 Å². The summed E-state index contributed by atoms with van der Waals surface area (Å²) in [6, 6.07) is 0. The molecular formula is C72H113O11P. The van der Waals surface area contributed by atoms with Crippen molar-refractivity contribution in [2.24, 2.45) is 0 Å². The third-order valence-electron chi connectivity index (χ3n) is 12.6. The standard InChI is InChI=1S/C72H113O11P/c1-4-7-10-13-16-19-22-25-28-31-34-37-40-43-46-49-52-55-58-61-70(74)79-65-69(83-72(76)63-60-57-54-51-48-45-42-39-36-33-30-27-24-21-18-15-12-9-6-3)67-81-84(77,78)80-66-68(64-73)82-71(75)62-59-56-53-50-47-44-41-38-35-32-29-26-23-20-17-14-11-8-5-2/h7,9-10,12,16-21,25-30,34,36-37,39,43,45-46,48,52,54-55,57,68-69,73H,4-6,8,11,13-15,22-24,31-33,35,38,40-42,44,47,49-51,53,56,58-67H2,1-3H3,(H,77,78)/b10-7-,12-9-,19-16-,20-17-,21-18-,28-25-,29-26-,30-27-,37-34-,39-36-,46-43-,48-45-,55-52-,57-54-. The fraction of sp³-hybridized carbons (Fsp3) is 0.569. The Labute approximate surface area is 510 Å². The fourth-order valence-electron chi connectivity index (χ4n) is 7.85. The molecule has 472 valence electrons. The first kappa shape index (κ1) is 78.8. The van der Waals surface area contributed by atoms with Crippen molar-refractivity contribution < 1.29 is 52.2 Å². The van der Waals surface area contributed by atoms with Crippen molar-refractivity contribution >= 4 is 25.7 Å². The molecule has 0 heterocycles. The first-order valence-corrected chi connectivity index (χ1v) is 33.5. The maximum Gasteiger partial charge on any atom is 0.472 e. The van der Waals surface area contributed by atoms with Crippen molar-refractivity contribution in [3.05, 3.63) is 170 Å². The highest BCUT2D eigenvalue weighted by atomic mass is 31.2. The molecule has 0 aliphatic heterocycles. The van der Waals surface area contributed by atoms with E-state index in [9.17, 15) is 28.9 Å². The minimum absolute atomic E-state index is 0.0165. The quantitative estimate of drug-likeness (QED) is 0.0197. The first-order chi connectivity index (χ1) is 41.2. The fourth-order valence-corrected chi connectivity index (χ4v) is 8.63. The Kier molecular flexibility index (Phi) is 59.9. The number of carbonyl (C=O) groups excluding carboxylic acids is 3. The van der Waals surface area contributed by atoms with Crippen LogP contribution in [0, 0.1) is 0 Å². The predicted octanol–water partition coefficient (Wildman–Crippen LogP) is 19.8. The maximum absolute atomic E-state index is 13.0.